The van der Waals surface area contributed by atoms with E-state index >= 15 is 0 Å². The van der Waals surface area contributed by atoms with Crippen molar-refractivity contribution in [3.05, 3.63) is 49.6 Å². The van der Waals surface area contributed by atoms with E-state index in [9.17, 15) is 39.9 Å². The highest BCUT2D eigenvalue weighted by Crippen LogP contribution is 2.63. The monoisotopic (exact) mass is 1440 g/mol. The molecule has 0 aromatic heterocycles. The van der Waals surface area contributed by atoms with Gasteiger partial charge in [0.1, 0.15) is 42.4 Å². The van der Waals surface area contributed by atoms with Crippen LogP contribution in [0.15, 0.2) is 34.9 Å². The van der Waals surface area contributed by atoms with E-state index in [0.717, 1.165) is 29.5 Å². The van der Waals surface area contributed by atoms with Crippen molar-refractivity contribution in [1.29, 1.82) is 0 Å². The Hall–Kier alpha value is -2.89. The maximum absolute atomic E-state index is 14.5. The number of nitrogens with one attached hydrogen (secondary N) is 2. The number of ketones is 2. The maximum Gasteiger partial charge on any atom is 0.229 e. The third kappa shape index (κ3) is 15.4. The van der Waals surface area contributed by atoms with Crippen LogP contribution in [-0.2, 0) is 52.3 Å². The van der Waals surface area contributed by atoms with E-state index in [2.05, 4.69) is 34.5 Å². The van der Waals surface area contributed by atoms with Gasteiger partial charge in [-0.25, -0.2) is 0 Å². The Morgan fingerprint density at radius 1 is 0.824 bits per heavy atom. The van der Waals surface area contributed by atoms with E-state index in [0.29, 0.717) is 27.0 Å². The van der Waals surface area contributed by atoms with Crippen molar-refractivity contribution in [1.82, 2.24) is 10.8 Å². The summed E-state index contributed by atoms with van der Waals surface area (Å²) in [5.41, 5.74) is 2.24. The lowest BCUT2D eigenvalue weighted by atomic mass is 9.56. The van der Waals surface area contributed by atoms with Crippen LogP contribution in [0.1, 0.15) is 115 Å². The summed E-state index contributed by atoms with van der Waals surface area (Å²) >= 11 is 2.86. The van der Waals surface area contributed by atoms with Gasteiger partial charge in [-0.1, -0.05) is 70.0 Å². The predicted octanol–water partition coefficient (Wildman–Crippen LogP) is 5.55. The van der Waals surface area contributed by atoms with Gasteiger partial charge in [-0.2, -0.15) is 5.48 Å². The summed E-state index contributed by atoms with van der Waals surface area (Å²) < 4.78 is 68.6. The van der Waals surface area contributed by atoms with E-state index in [1.54, 1.807) is 45.6 Å². The number of methoxy groups -OCH3 is 4. The molecule has 1 aromatic carbocycles. The molecule has 26 heteroatoms. The minimum Gasteiger partial charge on any atom is -0.492 e. The van der Waals surface area contributed by atoms with Crippen LogP contribution in [-0.4, -0.2) is 210 Å². The normalized spacial score (nSPS) is 40.2. The lowest BCUT2D eigenvalue weighted by Gasteiger charge is -2.56. The number of Topliss-reactive ketones (excluding diaryl/α,β-unsaturated/α-hetero) is 2. The molecule has 11 rings (SSSR count). The average Bonchev–Trinajstić information content (AvgIpc) is 0.870. The van der Waals surface area contributed by atoms with Crippen molar-refractivity contribution in [3.8, 4) is 40.9 Å². The molecule has 10 aliphatic rings. The number of aliphatic hydroxyl groups excluding tert-OH is 4. The van der Waals surface area contributed by atoms with Gasteiger partial charge in [0.2, 0.25) is 17.2 Å². The Labute approximate surface area is 558 Å². The number of halogens is 1. The third-order valence-corrected chi connectivity index (χ3v) is 24.8. The molecule has 19 atom stereocenters. The van der Waals surface area contributed by atoms with Gasteiger partial charge < -0.3 is 83.0 Å². The number of ether oxygens (including phenoxy) is 11. The number of hydrogen-bond acceptors (Lipinski definition) is 25. The Kier molecular flexibility index (Phi) is 23.9. The number of carbonyl (C=O) groups is 3. The molecular weight excluding hydrogens is 1350 g/mol. The number of thioether (sulfide) groups is 1. The van der Waals surface area contributed by atoms with E-state index in [1.807, 2.05) is 46.4 Å². The quantitative estimate of drug-likeness (QED) is 0.0232. The number of rotatable bonds is 23. The molecule has 7 N–H and O–H groups in total. The molecule has 4 saturated heterocycles. The molecule has 4 aliphatic heterocycles. The smallest absolute Gasteiger partial charge is 0.229 e. The van der Waals surface area contributed by atoms with Gasteiger partial charge in [0.25, 0.3) is 0 Å². The summed E-state index contributed by atoms with van der Waals surface area (Å²) in [5, 5.41) is 60.9. The van der Waals surface area contributed by atoms with E-state index in [1.165, 1.54) is 78.9 Å². The fourth-order valence-corrected chi connectivity index (χ4v) is 20.0. The third-order valence-electron chi connectivity index (χ3n) is 19.0. The highest BCUT2D eigenvalue weighted by atomic mass is 127. The van der Waals surface area contributed by atoms with Crippen LogP contribution in [0, 0.1) is 51.9 Å². The number of carbonyl (C=O) groups excluding carboxylic acids is 3. The lowest BCUT2D eigenvalue weighted by molar-refractivity contribution is -0.336. The molecule has 8 fully saturated rings. The van der Waals surface area contributed by atoms with Crippen LogP contribution in [0.4, 0.5) is 0 Å². The van der Waals surface area contributed by atoms with Gasteiger partial charge in [0.15, 0.2) is 41.8 Å². The van der Waals surface area contributed by atoms with Crippen LogP contribution < -0.4 is 25.0 Å². The molecule has 502 valence electrons. The average molecular weight is 1440 g/mol. The fourth-order valence-electron chi connectivity index (χ4n) is 14.9. The first kappa shape index (κ1) is 70.9. The van der Waals surface area contributed by atoms with Crippen molar-refractivity contribution < 1.29 is 96.9 Å². The van der Waals surface area contributed by atoms with Gasteiger partial charge in [-0.15, -0.1) is 0 Å². The highest BCUT2D eigenvalue weighted by molar-refractivity contribution is 14.1. The Balaban J connectivity index is 0.870. The van der Waals surface area contributed by atoms with Gasteiger partial charge in [-0.05, 0) is 138 Å². The van der Waals surface area contributed by atoms with Crippen molar-refractivity contribution in [2.24, 2.45) is 17.8 Å². The second kappa shape index (κ2) is 30.7. The largest absolute Gasteiger partial charge is 0.492 e. The molecule has 91 heavy (non-hydrogen) atoms. The van der Waals surface area contributed by atoms with Crippen LogP contribution in [0.3, 0.4) is 0 Å². The number of hydrogen-bond donors (Lipinski definition) is 7. The zero-order chi connectivity index (χ0) is 65.2. The zero-order valence-electron chi connectivity index (χ0n) is 53.0. The molecule has 4 heterocycles. The van der Waals surface area contributed by atoms with E-state index in [4.69, 9.17) is 56.9 Å². The fraction of sp³-hybridized carbons (Fsp3) is 0.708. The first-order valence-corrected chi connectivity index (χ1v) is 35.6. The molecule has 0 unspecified atom stereocenters. The molecule has 0 radical (unpaired) electrons. The molecule has 4 saturated carbocycles. The van der Waals surface area contributed by atoms with Gasteiger partial charge >= 0.3 is 0 Å². The van der Waals surface area contributed by atoms with Crippen LogP contribution in [0.25, 0.3) is 0 Å². The SMILES string of the molecule is CCN[C@H]1CO[C@@H](O[C@H]2[C@H](O[C@H]3C#C/C=C\C#C[C@]4(O)CC(=O)C(CC(C)=O)=C3/C4=C\CSSC34CC5CC(CC(C5)C3)C4)O[C@H](C)[C@@H](NO[C@H]3C[C@H](O)[C@H](SC(=O)c4c(C)c(I)c(O[C@@H]5O[C@@H](C)[C@H](O)[C@@H](OC)[C@H]5O)c(OC)c4OC)[C@@H](C)O3)[C@@H]2O)C[C@@H]1OC. The second-order valence-electron chi connectivity index (χ2n) is 25.4. The van der Waals surface area contributed by atoms with Crippen molar-refractivity contribution in [2.45, 2.75) is 226 Å². The molecule has 22 nitrogen and oxygen atoms in total. The van der Waals surface area contributed by atoms with Gasteiger partial charge in [0, 0.05) is 60.7 Å². The number of allylic oxidation sites excluding steroid dienone is 3. The molecule has 0 amide bonds. The van der Waals surface area contributed by atoms with Crippen LogP contribution in [0.5, 0.6) is 17.2 Å². The predicted molar refractivity (Wildman–Crippen MR) is 347 cm³/mol. The van der Waals surface area contributed by atoms with Gasteiger partial charge in [0.05, 0.1) is 84.2 Å². The Morgan fingerprint density at radius 3 is 2.16 bits per heavy atom. The Bertz CT molecular complexity index is 3010. The number of likely N-dealkylation sites (N-methyl/N-ethyl adjacent to an activating group) is 1. The van der Waals surface area contributed by atoms with Crippen molar-refractivity contribution in [2.75, 3.05) is 47.3 Å². The molecule has 1 aromatic rings. The molecule has 6 aliphatic carbocycles. The molecule has 0 spiro atoms. The zero-order valence-corrected chi connectivity index (χ0v) is 57.6. The summed E-state index contributed by atoms with van der Waals surface area (Å²) in [6.07, 6.45) is -4.54. The lowest BCUT2D eigenvalue weighted by Crippen LogP contribution is -2.65. The molecular formula is C65H87IN2O20S3. The minimum absolute atomic E-state index is 0.0384. The van der Waals surface area contributed by atoms with Gasteiger partial charge in [-0.3, -0.25) is 19.2 Å². The second-order valence-corrected chi connectivity index (χ2v) is 30.4. The minimum atomic E-state index is -1.97. The van der Waals surface area contributed by atoms with Crippen molar-refractivity contribution in [3.63, 3.8) is 0 Å². The van der Waals surface area contributed by atoms with Crippen LogP contribution >= 0.6 is 55.9 Å². The summed E-state index contributed by atoms with van der Waals surface area (Å²) in [5.74, 6) is 14.2. The van der Waals surface area contributed by atoms with Crippen LogP contribution in [0.2, 0.25) is 0 Å². The summed E-state index contributed by atoms with van der Waals surface area (Å²) in [4.78, 5) is 48.2. The number of aliphatic hydroxyl groups is 5. The van der Waals surface area contributed by atoms with Crippen molar-refractivity contribution >= 4 is 72.6 Å². The standard InChI is InChI=1S/C65H87IN2O20S3/c1-11-67-41-30-81-46(25-45(41)77-7)86-58-53(73)51(68-88-47-24-42(70)60(35(6)82-47)90-61(75)48-32(3)50(66)56(59(80-10)55(48)78-8)87-62-54(74)57(79-9)52(72)34(5)84-62)33(4)83-63(58)85-44-16-14-12-13-15-18-65(76)29-43(71)39(20-31(2)69)49(44)40(65)17-19-89-91-64-26-36-21-37(27-64)23-38(22-36)28-64/h12-13,17,33-38,41-42,44-47,51-54,57-58,60,62-63,67-68,70,72-74,76H,11,19-30H2,1-10H3/b13-12-,40-17+/t33-,34+,35-,36?,37?,38?,41+,42+,44+,45+,46+,47+,51-,52+,53+,54-,57-,58-,60-,62+,63+,64?,65+/m1/s1. The molecule has 6 bridgehead atoms. The van der Waals surface area contributed by atoms with E-state index in [-0.39, 0.29) is 88.9 Å². The first-order chi connectivity index (χ1) is 43.5. The number of hydroxylamine groups is 1. The Morgan fingerprint density at radius 2 is 1.52 bits per heavy atom. The number of benzene rings is 1. The maximum atomic E-state index is 14.5. The summed E-state index contributed by atoms with van der Waals surface area (Å²) in [6.45, 7) is 11.0. The topological polar surface area (TPSA) is 287 Å². The summed E-state index contributed by atoms with van der Waals surface area (Å²) in [6, 6.07) is -1.22. The van der Waals surface area contributed by atoms with E-state index < -0.39 is 114 Å². The highest BCUT2D eigenvalue weighted by Gasteiger charge is 2.54. The summed E-state index contributed by atoms with van der Waals surface area (Å²) in [7, 11) is 9.37. The number of fused-ring (bicyclic) bond motifs is 2. The first-order valence-electron chi connectivity index (χ1n) is 31.3.